The molecule has 0 fully saturated rings. The van der Waals surface area contributed by atoms with Crippen LogP contribution in [0.2, 0.25) is 5.02 Å². The van der Waals surface area contributed by atoms with Gasteiger partial charge in [-0.3, -0.25) is 0 Å². The summed E-state index contributed by atoms with van der Waals surface area (Å²) >= 11 is 5.95. The number of aryl methyl sites for hydroxylation is 2. The molecule has 2 aromatic carbocycles. The fraction of sp³-hybridized carbons (Fsp3) is 0.250. The lowest BCUT2D eigenvalue weighted by molar-refractivity contribution is -0.137. The van der Waals surface area contributed by atoms with Crippen molar-refractivity contribution in [1.29, 1.82) is 0 Å². The number of alkyl halides is 3. The Morgan fingerprint density at radius 1 is 1.04 bits per heavy atom. The van der Waals surface area contributed by atoms with E-state index in [1.807, 2.05) is 0 Å². The predicted molar refractivity (Wildman–Crippen MR) is 86.4 cm³/mol. The van der Waals surface area contributed by atoms with Crippen LogP contribution in [0.1, 0.15) is 22.3 Å². The lowest BCUT2D eigenvalue weighted by Gasteiger charge is -2.12. The number of sulfonamides is 1. The maximum atomic E-state index is 12.5. The van der Waals surface area contributed by atoms with Gasteiger partial charge in [-0.25, -0.2) is 13.1 Å². The summed E-state index contributed by atoms with van der Waals surface area (Å²) in [5.74, 6) is 0. The molecule has 0 aliphatic rings. The highest BCUT2D eigenvalue weighted by Gasteiger charge is 2.30. The van der Waals surface area contributed by atoms with Crippen LogP contribution < -0.4 is 4.72 Å². The average molecular weight is 378 g/mol. The van der Waals surface area contributed by atoms with E-state index in [1.165, 1.54) is 18.2 Å². The third kappa shape index (κ3) is 4.28. The first-order chi connectivity index (χ1) is 11.0. The monoisotopic (exact) mass is 377 g/mol. The molecule has 3 nitrogen and oxygen atoms in total. The predicted octanol–water partition coefficient (Wildman–Crippen LogP) is 4.45. The number of benzene rings is 2. The summed E-state index contributed by atoms with van der Waals surface area (Å²) in [6.45, 7) is 3.20. The molecular formula is C16H15ClF3NO2S. The summed E-state index contributed by atoms with van der Waals surface area (Å²) in [6, 6.07) is 7.34. The van der Waals surface area contributed by atoms with Gasteiger partial charge in [0.25, 0.3) is 0 Å². The summed E-state index contributed by atoms with van der Waals surface area (Å²) in [5, 5.41) is 0.467. The van der Waals surface area contributed by atoms with Gasteiger partial charge < -0.3 is 0 Å². The quantitative estimate of drug-likeness (QED) is 0.855. The number of nitrogens with one attached hydrogen (secondary N) is 1. The number of hydrogen-bond acceptors (Lipinski definition) is 2. The molecule has 0 atom stereocenters. The van der Waals surface area contributed by atoms with Crippen molar-refractivity contribution in [2.45, 2.75) is 31.5 Å². The molecule has 0 spiro atoms. The minimum absolute atomic E-state index is 0.0938. The maximum absolute atomic E-state index is 12.5. The highest BCUT2D eigenvalue weighted by Crippen LogP contribution is 2.29. The van der Waals surface area contributed by atoms with Crippen molar-refractivity contribution in [1.82, 2.24) is 4.72 Å². The van der Waals surface area contributed by atoms with E-state index in [1.54, 1.807) is 19.9 Å². The third-order valence-electron chi connectivity index (χ3n) is 3.49. The van der Waals surface area contributed by atoms with Crippen LogP contribution in [0.25, 0.3) is 0 Å². The average Bonchev–Trinajstić information content (AvgIpc) is 2.48. The Morgan fingerprint density at radius 2 is 1.62 bits per heavy atom. The molecule has 2 aromatic rings. The Hall–Kier alpha value is -1.57. The lowest BCUT2D eigenvalue weighted by Crippen LogP contribution is -2.24. The fourth-order valence-corrected chi connectivity index (χ4v) is 3.66. The minimum atomic E-state index is -4.42. The zero-order valence-electron chi connectivity index (χ0n) is 12.9. The van der Waals surface area contributed by atoms with Crippen LogP contribution in [-0.4, -0.2) is 8.42 Å². The van der Waals surface area contributed by atoms with E-state index in [9.17, 15) is 21.6 Å². The molecule has 0 aliphatic carbocycles. The summed E-state index contributed by atoms with van der Waals surface area (Å²) in [6.07, 6.45) is -4.42. The highest BCUT2D eigenvalue weighted by atomic mass is 35.5. The Balaban J connectivity index is 2.18. The fourth-order valence-electron chi connectivity index (χ4n) is 2.11. The molecule has 0 heterocycles. The molecule has 130 valence electrons. The molecular weight excluding hydrogens is 363 g/mol. The number of hydrogen-bond donors (Lipinski definition) is 1. The largest absolute Gasteiger partial charge is 0.416 e. The topological polar surface area (TPSA) is 46.2 Å². The SMILES string of the molecule is Cc1cc(S(=O)(=O)NCc2ccc(C(F)(F)F)cc2)c(C)cc1Cl. The summed E-state index contributed by atoms with van der Waals surface area (Å²) in [5.41, 5.74) is 0.760. The van der Waals surface area contributed by atoms with Crippen LogP contribution in [0.5, 0.6) is 0 Å². The minimum Gasteiger partial charge on any atom is -0.207 e. The smallest absolute Gasteiger partial charge is 0.207 e. The zero-order chi connectivity index (χ0) is 18.1. The first-order valence-electron chi connectivity index (χ1n) is 6.93. The van der Waals surface area contributed by atoms with Crippen LogP contribution in [-0.2, 0) is 22.7 Å². The van der Waals surface area contributed by atoms with Gasteiger partial charge >= 0.3 is 6.18 Å². The first-order valence-corrected chi connectivity index (χ1v) is 8.79. The standard InChI is InChI=1S/C16H15ClF3NO2S/c1-10-8-15(11(2)7-14(10)17)24(22,23)21-9-12-3-5-13(6-4-12)16(18,19)20/h3-8,21H,9H2,1-2H3. The van der Waals surface area contributed by atoms with Crippen LogP contribution >= 0.6 is 11.6 Å². The Labute approximate surface area is 143 Å². The Bertz CT molecular complexity index is 847. The number of halogens is 4. The molecule has 0 unspecified atom stereocenters. The van der Waals surface area contributed by atoms with Crippen molar-refractivity contribution < 1.29 is 21.6 Å². The molecule has 0 saturated carbocycles. The first kappa shape index (κ1) is 18.8. The second-order valence-corrected chi connectivity index (χ2v) is 7.53. The van der Waals surface area contributed by atoms with Gasteiger partial charge in [0.2, 0.25) is 10.0 Å². The highest BCUT2D eigenvalue weighted by molar-refractivity contribution is 7.89. The van der Waals surface area contributed by atoms with Crippen LogP contribution in [0, 0.1) is 13.8 Å². The molecule has 0 aromatic heterocycles. The Morgan fingerprint density at radius 3 is 2.17 bits per heavy atom. The Kier molecular flexibility index (Phi) is 5.27. The van der Waals surface area contributed by atoms with E-state index in [2.05, 4.69) is 4.72 Å². The molecule has 1 N–H and O–H groups in total. The molecule has 0 radical (unpaired) electrons. The molecule has 0 saturated heterocycles. The van der Waals surface area contributed by atoms with Gasteiger partial charge in [0.05, 0.1) is 10.5 Å². The second-order valence-electron chi connectivity index (χ2n) is 5.39. The van der Waals surface area contributed by atoms with Gasteiger partial charge in [-0.15, -0.1) is 0 Å². The van der Waals surface area contributed by atoms with Gasteiger partial charge in [0.1, 0.15) is 0 Å². The van der Waals surface area contributed by atoms with Gasteiger partial charge in [-0.05, 0) is 54.8 Å². The van der Waals surface area contributed by atoms with Crippen molar-refractivity contribution in [2.24, 2.45) is 0 Å². The molecule has 0 aliphatic heterocycles. The molecule has 24 heavy (non-hydrogen) atoms. The number of rotatable bonds is 4. The van der Waals surface area contributed by atoms with E-state index in [0.717, 1.165) is 12.1 Å². The lowest BCUT2D eigenvalue weighted by atomic mass is 10.1. The normalized spacial score (nSPS) is 12.4. The molecule has 0 bridgehead atoms. The van der Waals surface area contributed by atoms with Crippen molar-refractivity contribution >= 4 is 21.6 Å². The van der Waals surface area contributed by atoms with E-state index in [-0.39, 0.29) is 11.4 Å². The second kappa shape index (κ2) is 6.74. The van der Waals surface area contributed by atoms with Crippen molar-refractivity contribution in [2.75, 3.05) is 0 Å². The summed E-state index contributed by atoms with van der Waals surface area (Å²) in [4.78, 5) is 0.0938. The van der Waals surface area contributed by atoms with Gasteiger partial charge in [-0.1, -0.05) is 23.7 Å². The van der Waals surface area contributed by atoms with Gasteiger partial charge in [-0.2, -0.15) is 13.2 Å². The molecule has 2 rings (SSSR count). The van der Waals surface area contributed by atoms with E-state index in [0.29, 0.717) is 21.7 Å². The third-order valence-corrected chi connectivity index (χ3v) is 5.44. The van der Waals surface area contributed by atoms with Crippen LogP contribution in [0.3, 0.4) is 0 Å². The van der Waals surface area contributed by atoms with E-state index in [4.69, 9.17) is 11.6 Å². The van der Waals surface area contributed by atoms with Crippen LogP contribution in [0.4, 0.5) is 13.2 Å². The van der Waals surface area contributed by atoms with E-state index < -0.39 is 21.8 Å². The van der Waals surface area contributed by atoms with Gasteiger partial charge in [0, 0.05) is 11.6 Å². The zero-order valence-corrected chi connectivity index (χ0v) is 14.5. The van der Waals surface area contributed by atoms with Crippen molar-refractivity contribution in [3.63, 3.8) is 0 Å². The van der Waals surface area contributed by atoms with Gasteiger partial charge in [0.15, 0.2) is 0 Å². The van der Waals surface area contributed by atoms with Crippen LogP contribution in [0.15, 0.2) is 41.3 Å². The van der Waals surface area contributed by atoms with E-state index >= 15 is 0 Å². The maximum Gasteiger partial charge on any atom is 0.416 e. The van der Waals surface area contributed by atoms with Crippen molar-refractivity contribution in [3.05, 3.63) is 63.7 Å². The summed E-state index contributed by atoms with van der Waals surface area (Å²) < 4.78 is 64.7. The molecule has 0 amide bonds. The van der Waals surface area contributed by atoms with Crippen molar-refractivity contribution in [3.8, 4) is 0 Å². The molecule has 8 heteroatoms. The summed E-state index contributed by atoms with van der Waals surface area (Å²) in [7, 11) is -3.80.